The highest BCUT2D eigenvalue weighted by atomic mass is 16.3. The van der Waals surface area contributed by atoms with E-state index in [0.717, 1.165) is 18.8 Å². The summed E-state index contributed by atoms with van der Waals surface area (Å²) in [5.41, 5.74) is 1.72. The number of hydrogen-bond donors (Lipinski definition) is 3. The zero-order valence-corrected chi connectivity index (χ0v) is 13.6. The molecule has 1 aromatic carbocycles. The predicted octanol–water partition coefficient (Wildman–Crippen LogP) is 1.65. The number of hydrogen-bond acceptors (Lipinski definition) is 5. The zero-order chi connectivity index (χ0) is 16.8. The van der Waals surface area contributed by atoms with Gasteiger partial charge in [0.15, 0.2) is 0 Å². The number of H-pyrrole nitrogens is 1. The van der Waals surface area contributed by atoms with Gasteiger partial charge in [0.25, 0.3) is 5.91 Å². The Hall–Kier alpha value is -2.41. The molecule has 3 N–H and O–H groups in total. The molecule has 2 aromatic rings. The van der Waals surface area contributed by atoms with Crippen LogP contribution >= 0.6 is 0 Å². The third kappa shape index (κ3) is 3.91. The second-order valence-electron chi connectivity index (χ2n) is 6.03. The van der Waals surface area contributed by atoms with Gasteiger partial charge in [-0.1, -0.05) is 12.8 Å². The number of carbonyl (C=O) groups is 1. The lowest BCUT2D eigenvalue weighted by atomic mass is 10.1. The average molecular weight is 329 g/mol. The highest BCUT2D eigenvalue weighted by Gasteiger charge is 2.18. The van der Waals surface area contributed by atoms with Crippen molar-refractivity contribution in [3.63, 3.8) is 0 Å². The lowest BCUT2D eigenvalue weighted by Crippen LogP contribution is -2.31. The second-order valence-corrected chi connectivity index (χ2v) is 6.03. The van der Waals surface area contributed by atoms with Crippen molar-refractivity contribution < 1.29 is 9.90 Å². The van der Waals surface area contributed by atoms with E-state index in [4.69, 9.17) is 0 Å². The van der Waals surface area contributed by atoms with Crippen molar-refractivity contribution in [3.05, 3.63) is 42.0 Å². The highest BCUT2D eigenvalue weighted by molar-refractivity contribution is 5.94. The number of aromatic nitrogens is 3. The van der Waals surface area contributed by atoms with Gasteiger partial charge < -0.3 is 15.3 Å². The van der Waals surface area contributed by atoms with Crippen LogP contribution in [0.1, 0.15) is 47.9 Å². The van der Waals surface area contributed by atoms with E-state index in [1.807, 2.05) is 24.3 Å². The van der Waals surface area contributed by atoms with Crippen LogP contribution in [0.15, 0.2) is 30.6 Å². The molecule has 1 fully saturated rings. The number of rotatable bonds is 5. The standard InChI is InChI=1S/C17H23N5O2/c23-11-15(16-18-12-19-21-16)20-17(24)13-5-7-14(8-6-13)22-9-3-1-2-4-10-22/h5-8,12,15,23H,1-4,9-11H2,(H,20,24)(H,18,19,21)/t15-/m1/s1. The number of carbonyl (C=O) groups excluding carboxylic acids is 1. The van der Waals surface area contributed by atoms with Gasteiger partial charge in [0.2, 0.25) is 0 Å². The lowest BCUT2D eigenvalue weighted by Gasteiger charge is -2.22. The quantitative estimate of drug-likeness (QED) is 0.775. The zero-order valence-electron chi connectivity index (χ0n) is 13.6. The van der Waals surface area contributed by atoms with Crippen LogP contribution in [0, 0.1) is 0 Å². The van der Waals surface area contributed by atoms with Crippen molar-refractivity contribution in [2.75, 3.05) is 24.6 Å². The largest absolute Gasteiger partial charge is 0.394 e. The summed E-state index contributed by atoms with van der Waals surface area (Å²) >= 11 is 0. The molecule has 0 unspecified atom stereocenters. The minimum atomic E-state index is -0.592. The first-order chi connectivity index (χ1) is 11.8. The Labute approximate surface area is 141 Å². The number of nitrogens with one attached hydrogen (secondary N) is 2. The Morgan fingerprint density at radius 3 is 2.50 bits per heavy atom. The Bertz CT molecular complexity index is 634. The fourth-order valence-electron chi connectivity index (χ4n) is 2.98. The topological polar surface area (TPSA) is 94.1 Å². The molecule has 1 aliphatic heterocycles. The molecule has 0 radical (unpaired) electrons. The molecule has 1 aliphatic rings. The van der Waals surface area contributed by atoms with Crippen molar-refractivity contribution in [2.45, 2.75) is 31.7 Å². The van der Waals surface area contributed by atoms with E-state index in [1.54, 1.807) is 0 Å². The van der Waals surface area contributed by atoms with Crippen LogP contribution in [0.3, 0.4) is 0 Å². The minimum Gasteiger partial charge on any atom is -0.394 e. The Morgan fingerprint density at radius 1 is 1.21 bits per heavy atom. The number of aliphatic hydroxyl groups is 1. The van der Waals surface area contributed by atoms with Crippen LogP contribution < -0.4 is 10.2 Å². The SMILES string of the molecule is O=C(N[C@H](CO)c1ncn[nH]1)c1ccc(N2CCCCCC2)cc1. The van der Waals surface area contributed by atoms with Crippen molar-refractivity contribution in [3.8, 4) is 0 Å². The van der Waals surface area contributed by atoms with Crippen LogP contribution in [0.5, 0.6) is 0 Å². The van der Waals surface area contributed by atoms with Gasteiger partial charge in [0.05, 0.1) is 6.61 Å². The Kier molecular flexibility index (Phi) is 5.43. The summed E-state index contributed by atoms with van der Waals surface area (Å²) in [7, 11) is 0. The summed E-state index contributed by atoms with van der Waals surface area (Å²) in [5.74, 6) is 0.194. The van der Waals surface area contributed by atoms with Crippen LogP contribution in [-0.2, 0) is 0 Å². The number of amides is 1. The van der Waals surface area contributed by atoms with Crippen molar-refractivity contribution in [2.24, 2.45) is 0 Å². The number of aromatic amines is 1. The van der Waals surface area contributed by atoms with Crippen molar-refractivity contribution in [1.82, 2.24) is 20.5 Å². The van der Waals surface area contributed by atoms with Gasteiger partial charge >= 0.3 is 0 Å². The van der Waals surface area contributed by atoms with Crippen LogP contribution in [0.2, 0.25) is 0 Å². The van der Waals surface area contributed by atoms with Gasteiger partial charge in [0.1, 0.15) is 18.2 Å². The molecule has 1 aromatic heterocycles. The van der Waals surface area contributed by atoms with Gasteiger partial charge in [-0.3, -0.25) is 9.89 Å². The van der Waals surface area contributed by atoms with E-state index in [-0.39, 0.29) is 12.5 Å². The molecule has 7 heteroatoms. The molecule has 1 atom stereocenters. The summed E-state index contributed by atoms with van der Waals surface area (Å²) in [6, 6.07) is 7.03. The normalized spacial score (nSPS) is 16.5. The monoisotopic (exact) mass is 329 g/mol. The molecule has 0 bridgehead atoms. The molecule has 1 amide bonds. The summed E-state index contributed by atoms with van der Waals surface area (Å²) in [6.07, 6.45) is 6.37. The van der Waals surface area contributed by atoms with E-state index < -0.39 is 6.04 Å². The molecular weight excluding hydrogens is 306 g/mol. The van der Waals surface area contributed by atoms with E-state index >= 15 is 0 Å². The summed E-state index contributed by atoms with van der Waals surface area (Å²) in [5, 5.41) is 18.6. The van der Waals surface area contributed by atoms with Gasteiger partial charge in [-0.25, -0.2) is 4.98 Å². The molecule has 24 heavy (non-hydrogen) atoms. The summed E-state index contributed by atoms with van der Waals surface area (Å²) < 4.78 is 0. The van der Waals surface area contributed by atoms with E-state index in [9.17, 15) is 9.90 Å². The number of benzene rings is 1. The first kappa shape index (κ1) is 16.4. The van der Waals surface area contributed by atoms with E-state index in [1.165, 1.54) is 32.0 Å². The number of nitrogens with zero attached hydrogens (tertiary/aromatic N) is 3. The van der Waals surface area contributed by atoms with Crippen molar-refractivity contribution >= 4 is 11.6 Å². The minimum absolute atomic E-state index is 0.243. The second kappa shape index (κ2) is 7.92. The fourth-order valence-corrected chi connectivity index (χ4v) is 2.98. The Balaban J connectivity index is 1.65. The predicted molar refractivity (Wildman–Crippen MR) is 90.8 cm³/mol. The van der Waals surface area contributed by atoms with E-state index in [0.29, 0.717) is 11.4 Å². The maximum atomic E-state index is 12.4. The first-order valence-corrected chi connectivity index (χ1v) is 8.40. The smallest absolute Gasteiger partial charge is 0.251 e. The molecular formula is C17H23N5O2. The van der Waals surface area contributed by atoms with Crippen LogP contribution in [-0.4, -0.2) is 45.9 Å². The Morgan fingerprint density at radius 2 is 1.92 bits per heavy atom. The molecule has 0 spiro atoms. The van der Waals surface area contributed by atoms with Gasteiger partial charge in [0, 0.05) is 24.3 Å². The average Bonchev–Trinajstić information content (AvgIpc) is 3.01. The molecule has 0 saturated carbocycles. The first-order valence-electron chi connectivity index (χ1n) is 8.40. The maximum Gasteiger partial charge on any atom is 0.251 e. The van der Waals surface area contributed by atoms with Crippen LogP contribution in [0.4, 0.5) is 5.69 Å². The molecule has 3 rings (SSSR count). The molecule has 7 nitrogen and oxygen atoms in total. The van der Waals surface area contributed by atoms with Crippen molar-refractivity contribution in [1.29, 1.82) is 0 Å². The van der Waals surface area contributed by atoms with Gasteiger partial charge in [-0.15, -0.1) is 0 Å². The summed E-state index contributed by atoms with van der Waals surface area (Å²) in [6.45, 7) is 1.90. The fraction of sp³-hybridized carbons (Fsp3) is 0.471. The van der Waals surface area contributed by atoms with E-state index in [2.05, 4.69) is 25.4 Å². The highest BCUT2D eigenvalue weighted by Crippen LogP contribution is 2.20. The third-order valence-corrected chi connectivity index (χ3v) is 4.35. The molecule has 0 aliphatic carbocycles. The lowest BCUT2D eigenvalue weighted by molar-refractivity contribution is 0.0913. The third-order valence-electron chi connectivity index (χ3n) is 4.35. The number of aliphatic hydroxyl groups excluding tert-OH is 1. The van der Waals surface area contributed by atoms with Gasteiger partial charge in [-0.2, -0.15) is 5.10 Å². The molecule has 1 saturated heterocycles. The maximum absolute atomic E-state index is 12.4. The summed E-state index contributed by atoms with van der Waals surface area (Å²) in [4.78, 5) is 18.7. The molecule has 128 valence electrons. The number of anilines is 1. The molecule has 2 heterocycles. The van der Waals surface area contributed by atoms with Crippen LogP contribution in [0.25, 0.3) is 0 Å². The van der Waals surface area contributed by atoms with Gasteiger partial charge in [-0.05, 0) is 37.1 Å².